The number of nitrogens with one attached hydrogen (secondary N) is 1. The maximum Gasteiger partial charge on any atom is 0.306 e. The minimum absolute atomic E-state index is 0.129. The van der Waals surface area contributed by atoms with Gasteiger partial charge in [0.15, 0.2) is 0 Å². The molecule has 0 unspecified atom stereocenters. The van der Waals surface area contributed by atoms with Crippen LogP contribution in [0.25, 0.3) is 0 Å². The van der Waals surface area contributed by atoms with E-state index in [1.54, 1.807) is 0 Å². The molecule has 1 aliphatic rings. The van der Waals surface area contributed by atoms with Crippen LogP contribution < -0.4 is 4.90 Å². The lowest BCUT2D eigenvalue weighted by Crippen LogP contribution is -2.36. The third kappa shape index (κ3) is 2.21. The number of carbonyl (C=O) groups is 1. The smallest absolute Gasteiger partial charge is 0.306 e. The van der Waals surface area contributed by atoms with Gasteiger partial charge in [0.05, 0.1) is 11.6 Å². The van der Waals surface area contributed by atoms with Crippen molar-refractivity contribution in [2.75, 3.05) is 11.9 Å². The normalized spacial score (nSPS) is 25.3. The maximum absolute atomic E-state index is 10.8. The molecule has 0 saturated heterocycles. The summed E-state index contributed by atoms with van der Waals surface area (Å²) in [6.07, 6.45) is 7.43. The number of aliphatic carboxylic acids is 1. The summed E-state index contributed by atoms with van der Waals surface area (Å²) in [5, 5.41) is 8.93. The lowest BCUT2D eigenvalue weighted by molar-refractivity contribution is -0.142. The Labute approximate surface area is 95.3 Å². The molecule has 88 valence electrons. The predicted molar refractivity (Wildman–Crippen MR) is 62.6 cm³/mol. The van der Waals surface area contributed by atoms with E-state index in [0.717, 1.165) is 25.7 Å². The number of carboxylic acid groups (broad SMARTS) is 1. The van der Waals surface area contributed by atoms with Crippen LogP contribution in [0.3, 0.4) is 0 Å². The van der Waals surface area contributed by atoms with Crippen molar-refractivity contribution in [3.05, 3.63) is 18.5 Å². The highest BCUT2D eigenvalue weighted by Gasteiger charge is 2.28. The number of rotatable bonds is 3. The molecule has 1 fully saturated rings. The average molecular weight is 222 g/mol. The van der Waals surface area contributed by atoms with Gasteiger partial charge < -0.3 is 15.0 Å². The van der Waals surface area contributed by atoms with E-state index in [4.69, 9.17) is 5.11 Å². The standard InChI is InChI=1S/C12H18N2O2/c1-14(11-6-7-13-8-11)10-4-2-9(3-5-10)12(15)16/h6-10,13H,2-5H2,1H3,(H,15,16). The zero-order valence-corrected chi connectivity index (χ0v) is 9.52. The molecule has 1 saturated carbocycles. The van der Waals surface area contributed by atoms with Crippen molar-refractivity contribution in [2.24, 2.45) is 5.92 Å². The minimum atomic E-state index is -0.636. The van der Waals surface area contributed by atoms with Gasteiger partial charge in [0.1, 0.15) is 0 Å². The van der Waals surface area contributed by atoms with E-state index in [2.05, 4.69) is 16.9 Å². The molecule has 16 heavy (non-hydrogen) atoms. The zero-order valence-electron chi connectivity index (χ0n) is 9.52. The maximum atomic E-state index is 10.8. The van der Waals surface area contributed by atoms with Gasteiger partial charge in [-0.3, -0.25) is 4.79 Å². The van der Waals surface area contributed by atoms with Crippen molar-refractivity contribution < 1.29 is 9.90 Å². The lowest BCUT2D eigenvalue weighted by atomic mass is 9.85. The summed E-state index contributed by atoms with van der Waals surface area (Å²) in [5.74, 6) is -0.765. The molecular formula is C12H18N2O2. The Bertz CT molecular complexity index is 340. The van der Waals surface area contributed by atoms with Crippen molar-refractivity contribution in [3.8, 4) is 0 Å². The van der Waals surface area contributed by atoms with Crippen LogP contribution in [-0.4, -0.2) is 29.1 Å². The first kappa shape index (κ1) is 11.0. The Hall–Kier alpha value is -1.45. The van der Waals surface area contributed by atoms with Crippen molar-refractivity contribution >= 4 is 11.7 Å². The predicted octanol–water partition coefficient (Wildman–Crippen LogP) is 2.09. The molecule has 1 aliphatic carbocycles. The first-order valence-electron chi connectivity index (χ1n) is 5.77. The molecule has 0 atom stereocenters. The second-order valence-electron chi connectivity index (χ2n) is 4.52. The van der Waals surface area contributed by atoms with Crippen LogP contribution in [0.1, 0.15) is 25.7 Å². The van der Waals surface area contributed by atoms with Gasteiger partial charge in [0.25, 0.3) is 0 Å². The molecule has 0 aromatic carbocycles. The molecule has 2 N–H and O–H groups in total. The largest absolute Gasteiger partial charge is 0.481 e. The number of hydrogen-bond acceptors (Lipinski definition) is 2. The molecule has 0 radical (unpaired) electrons. The van der Waals surface area contributed by atoms with Crippen molar-refractivity contribution in [3.63, 3.8) is 0 Å². The Morgan fingerprint density at radius 1 is 1.44 bits per heavy atom. The summed E-state index contributed by atoms with van der Waals surface area (Å²) in [6, 6.07) is 2.52. The third-order valence-corrected chi connectivity index (χ3v) is 3.58. The first-order valence-corrected chi connectivity index (χ1v) is 5.77. The summed E-state index contributed by atoms with van der Waals surface area (Å²) in [5.41, 5.74) is 1.18. The molecule has 1 heterocycles. The highest BCUT2D eigenvalue weighted by atomic mass is 16.4. The Morgan fingerprint density at radius 2 is 2.12 bits per heavy atom. The first-order chi connectivity index (χ1) is 7.68. The average Bonchev–Trinajstić information content (AvgIpc) is 2.81. The monoisotopic (exact) mass is 222 g/mol. The molecule has 4 heteroatoms. The van der Waals surface area contributed by atoms with Gasteiger partial charge in [-0.2, -0.15) is 0 Å². The summed E-state index contributed by atoms with van der Waals surface area (Å²) >= 11 is 0. The van der Waals surface area contributed by atoms with Crippen LogP contribution in [0.15, 0.2) is 18.5 Å². The van der Waals surface area contributed by atoms with Crippen LogP contribution in [0.2, 0.25) is 0 Å². The molecule has 1 aromatic heterocycles. The van der Waals surface area contributed by atoms with Crippen LogP contribution in [0.4, 0.5) is 5.69 Å². The van der Waals surface area contributed by atoms with Crippen molar-refractivity contribution in [1.29, 1.82) is 0 Å². The van der Waals surface area contributed by atoms with E-state index >= 15 is 0 Å². The van der Waals surface area contributed by atoms with E-state index in [-0.39, 0.29) is 5.92 Å². The van der Waals surface area contributed by atoms with Crippen molar-refractivity contribution in [2.45, 2.75) is 31.7 Å². The molecule has 0 spiro atoms. The van der Waals surface area contributed by atoms with Gasteiger partial charge in [-0.1, -0.05) is 0 Å². The van der Waals surface area contributed by atoms with E-state index in [1.165, 1.54) is 5.69 Å². The van der Waals surface area contributed by atoms with Crippen molar-refractivity contribution in [1.82, 2.24) is 4.98 Å². The molecule has 1 aromatic rings. The number of aromatic nitrogens is 1. The van der Waals surface area contributed by atoms with Gasteiger partial charge in [-0.05, 0) is 31.7 Å². The molecular weight excluding hydrogens is 204 g/mol. The van der Waals surface area contributed by atoms with Gasteiger partial charge >= 0.3 is 5.97 Å². The minimum Gasteiger partial charge on any atom is -0.481 e. The Kier molecular flexibility index (Phi) is 3.17. The SMILES string of the molecule is CN(c1cc[nH]c1)C1CCC(C(=O)O)CC1. The van der Waals surface area contributed by atoms with Gasteiger partial charge in [0, 0.05) is 25.5 Å². The van der Waals surface area contributed by atoms with Crippen LogP contribution >= 0.6 is 0 Å². The molecule has 4 nitrogen and oxygen atoms in total. The fourth-order valence-electron chi connectivity index (χ4n) is 2.46. The lowest BCUT2D eigenvalue weighted by Gasteiger charge is -2.34. The van der Waals surface area contributed by atoms with E-state index < -0.39 is 5.97 Å². The van der Waals surface area contributed by atoms with Crippen LogP contribution in [0, 0.1) is 5.92 Å². The molecule has 0 amide bonds. The second kappa shape index (κ2) is 4.60. The summed E-state index contributed by atoms with van der Waals surface area (Å²) in [6.45, 7) is 0. The summed E-state index contributed by atoms with van der Waals surface area (Å²) < 4.78 is 0. The van der Waals surface area contributed by atoms with Gasteiger partial charge in [0.2, 0.25) is 0 Å². The van der Waals surface area contributed by atoms with Crippen LogP contribution in [0.5, 0.6) is 0 Å². The Balaban J connectivity index is 1.92. The highest BCUT2D eigenvalue weighted by molar-refractivity contribution is 5.70. The van der Waals surface area contributed by atoms with E-state index in [9.17, 15) is 4.79 Å². The quantitative estimate of drug-likeness (QED) is 0.823. The highest BCUT2D eigenvalue weighted by Crippen LogP contribution is 2.29. The second-order valence-corrected chi connectivity index (χ2v) is 4.52. The number of hydrogen-bond donors (Lipinski definition) is 2. The Morgan fingerprint density at radius 3 is 2.62 bits per heavy atom. The fourth-order valence-corrected chi connectivity index (χ4v) is 2.46. The molecule has 0 aliphatic heterocycles. The fraction of sp³-hybridized carbons (Fsp3) is 0.583. The van der Waals surface area contributed by atoms with Crippen LogP contribution in [-0.2, 0) is 4.79 Å². The summed E-state index contributed by atoms with van der Waals surface area (Å²) in [7, 11) is 2.08. The third-order valence-electron chi connectivity index (χ3n) is 3.58. The number of carboxylic acids is 1. The van der Waals surface area contributed by atoms with Gasteiger partial charge in [-0.15, -0.1) is 0 Å². The zero-order chi connectivity index (χ0) is 11.5. The van der Waals surface area contributed by atoms with Gasteiger partial charge in [-0.25, -0.2) is 0 Å². The summed E-state index contributed by atoms with van der Waals surface area (Å²) in [4.78, 5) is 16.1. The number of aromatic amines is 1. The molecule has 2 rings (SSSR count). The number of anilines is 1. The number of nitrogens with zero attached hydrogens (tertiary/aromatic N) is 1. The molecule has 0 bridgehead atoms. The van der Waals surface area contributed by atoms with E-state index in [0.29, 0.717) is 6.04 Å². The van der Waals surface area contributed by atoms with E-state index in [1.807, 2.05) is 18.5 Å². The topological polar surface area (TPSA) is 56.3 Å². The number of H-pyrrole nitrogens is 1.